The van der Waals surface area contributed by atoms with Crippen LogP contribution in [0.4, 0.5) is 0 Å². The van der Waals surface area contributed by atoms with Gasteiger partial charge in [0.05, 0.1) is 5.56 Å². The molecule has 5 heteroatoms. The van der Waals surface area contributed by atoms with Crippen molar-refractivity contribution >= 4 is 11.9 Å². The summed E-state index contributed by atoms with van der Waals surface area (Å²) in [5.41, 5.74) is 1.23. The molecular formula is C17H12O5. The van der Waals surface area contributed by atoms with E-state index in [1.54, 1.807) is 24.3 Å². The lowest BCUT2D eigenvalue weighted by molar-refractivity contribution is 0.101. The maximum absolute atomic E-state index is 12.3. The van der Waals surface area contributed by atoms with Crippen molar-refractivity contribution in [2.24, 2.45) is 0 Å². The van der Waals surface area contributed by atoms with Crippen molar-refractivity contribution in [2.45, 2.75) is 0 Å². The summed E-state index contributed by atoms with van der Waals surface area (Å²) in [5, 5.41) is 9.45. The zero-order chi connectivity index (χ0) is 15.1. The van der Waals surface area contributed by atoms with Crippen molar-refractivity contribution in [3.05, 3.63) is 53.3 Å². The second-order valence-corrected chi connectivity index (χ2v) is 5.02. The summed E-state index contributed by atoms with van der Waals surface area (Å²) in [6.45, 7) is 1.04. The van der Waals surface area contributed by atoms with Crippen LogP contribution in [0.3, 0.4) is 0 Å². The van der Waals surface area contributed by atoms with E-state index in [1.165, 1.54) is 12.1 Å². The van der Waals surface area contributed by atoms with E-state index in [4.69, 9.17) is 14.2 Å². The highest BCUT2D eigenvalue weighted by Gasteiger charge is 2.27. The van der Waals surface area contributed by atoms with E-state index < -0.39 is 0 Å². The summed E-state index contributed by atoms with van der Waals surface area (Å²) in [5.74, 6) is 1.80. The Morgan fingerprint density at radius 1 is 0.955 bits per heavy atom. The molecule has 0 radical (unpaired) electrons. The molecule has 2 heterocycles. The van der Waals surface area contributed by atoms with E-state index >= 15 is 0 Å². The number of ketones is 1. The topological polar surface area (TPSA) is 65.0 Å². The van der Waals surface area contributed by atoms with E-state index in [0.29, 0.717) is 36.0 Å². The minimum absolute atomic E-state index is 0.0622. The highest BCUT2D eigenvalue weighted by molar-refractivity contribution is 6.14. The van der Waals surface area contributed by atoms with Crippen LogP contribution in [0.1, 0.15) is 15.9 Å². The Morgan fingerprint density at radius 2 is 1.77 bits per heavy atom. The van der Waals surface area contributed by atoms with Crippen LogP contribution in [-0.4, -0.2) is 24.1 Å². The van der Waals surface area contributed by atoms with Gasteiger partial charge in [0.25, 0.3) is 0 Å². The number of Topliss-reactive ketones (excluding diaryl/α,β-unsaturated/α-hetero) is 1. The van der Waals surface area contributed by atoms with Crippen LogP contribution in [-0.2, 0) is 0 Å². The van der Waals surface area contributed by atoms with E-state index in [-0.39, 0.29) is 17.3 Å². The normalized spacial score (nSPS) is 17.3. The molecule has 2 aromatic rings. The molecule has 0 atom stereocenters. The van der Waals surface area contributed by atoms with Gasteiger partial charge in [0.2, 0.25) is 5.78 Å². The number of allylic oxidation sites excluding steroid dienone is 1. The summed E-state index contributed by atoms with van der Waals surface area (Å²) in [7, 11) is 0. The first-order chi connectivity index (χ1) is 10.7. The van der Waals surface area contributed by atoms with Crippen molar-refractivity contribution in [1.29, 1.82) is 0 Å². The number of carbonyl (C=O) groups is 1. The molecule has 0 bridgehead atoms. The zero-order valence-electron chi connectivity index (χ0n) is 11.5. The van der Waals surface area contributed by atoms with Gasteiger partial charge >= 0.3 is 0 Å². The van der Waals surface area contributed by atoms with Gasteiger partial charge in [0, 0.05) is 6.07 Å². The van der Waals surface area contributed by atoms with Gasteiger partial charge in [-0.05, 0) is 35.9 Å². The van der Waals surface area contributed by atoms with Gasteiger partial charge in [0.1, 0.15) is 24.7 Å². The van der Waals surface area contributed by atoms with Crippen molar-refractivity contribution in [2.75, 3.05) is 13.2 Å². The number of rotatable bonds is 1. The van der Waals surface area contributed by atoms with E-state index in [1.807, 2.05) is 6.07 Å². The Kier molecular flexibility index (Phi) is 2.79. The summed E-state index contributed by atoms with van der Waals surface area (Å²) in [4.78, 5) is 12.3. The largest absolute Gasteiger partial charge is 0.508 e. The Hall–Kier alpha value is -2.95. The first kappa shape index (κ1) is 12.8. The molecule has 22 heavy (non-hydrogen) atoms. The number of fused-ring (bicyclic) bond motifs is 2. The second kappa shape index (κ2) is 4.80. The second-order valence-electron chi connectivity index (χ2n) is 5.02. The Morgan fingerprint density at radius 3 is 2.64 bits per heavy atom. The molecule has 0 saturated carbocycles. The first-order valence-corrected chi connectivity index (χ1v) is 6.87. The Bertz CT molecular complexity index is 807. The minimum atomic E-state index is -0.204. The van der Waals surface area contributed by atoms with Crippen LogP contribution in [0.5, 0.6) is 23.0 Å². The number of carbonyl (C=O) groups excluding carboxylic acids is 1. The quantitative estimate of drug-likeness (QED) is 0.820. The van der Waals surface area contributed by atoms with Gasteiger partial charge in [-0.25, -0.2) is 0 Å². The highest BCUT2D eigenvalue weighted by Crippen LogP contribution is 2.36. The molecule has 0 aromatic heterocycles. The molecule has 0 saturated heterocycles. The molecule has 4 rings (SSSR count). The predicted octanol–water partition coefficient (Wildman–Crippen LogP) is 2.78. The fourth-order valence-electron chi connectivity index (χ4n) is 2.48. The number of aromatic hydroxyl groups is 1. The maximum Gasteiger partial charge on any atom is 0.231 e. The van der Waals surface area contributed by atoms with Gasteiger partial charge in [-0.2, -0.15) is 0 Å². The van der Waals surface area contributed by atoms with Gasteiger partial charge in [-0.15, -0.1) is 0 Å². The lowest BCUT2D eigenvalue weighted by atomic mass is 10.1. The molecule has 110 valence electrons. The van der Waals surface area contributed by atoms with E-state index in [0.717, 1.165) is 5.56 Å². The van der Waals surface area contributed by atoms with Crippen molar-refractivity contribution in [1.82, 2.24) is 0 Å². The molecule has 0 amide bonds. The number of benzene rings is 2. The fraction of sp³-hybridized carbons (Fsp3) is 0.118. The standard InChI is InChI=1S/C17H12O5/c18-11-2-3-12-14(9-11)22-16(17(12)19)8-10-1-4-13-15(7-10)21-6-5-20-13/h1-4,7-9,18H,5-6H2. The lowest BCUT2D eigenvalue weighted by Crippen LogP contribution is -2.15. The molecule has 2 aliphatic rings. The molecule has 2 aliphatic heterocycles. The number of hydrogen-bond acceptors (Lipinski definition) is 5. The maximum atomic E-state index is 12.3. The molecule has 0 spiro atoms. The summed E-state index contributed by atoms with van der Waals surface area (Å²) in [6, 6.07) is 9.89. The van der Waals surface area contributed by atoms with Crippen LogP contribution >= 0.6 is 0 Å². The molecule has 0 unspecified atom stereocenters. The lowest BCUT2D eigenvalue weighted by Gasteiger charge is -2.18. The average Bonchev–Trinajstić information content (AvgIpc) is 2.82. The van der Waals surface area contributed by atoms with Crippen molar-refractivity contribution in [3.63, 3.8) is 0 Å². The van der Waals surface area contributed by atoms with Gasteiger partial charge in [-0.3, -0.25) is 4.79 Å². The number of phenolic OH excluding ortho intramolecular Hbond substituents is 1. The SMILES string of the molecule is O=C1C(=Cc2ccc3c(c2)OCCO3)Oc2cc(O)ccc21. The smallest absolute Gasteiger partial charge is 0.231 e. The molecule has 2 aromatic carbocycles. The zero-order valence-corrected chi connectivity index (χ0v) is 11.5. The third kappa shape index (κ3) is 2.07. The average molecular weight is 296 g/mol. The fourth-order valence-corrected chi connectivity index (χ4v) is 2.48. The number of phenols is 1. The van der Waals surface area contributed by atoms with Crippen molar-refractivity contribution < 1.29 is 24.1 Å². The third-order valence-corrected chi connectivity index (χ3v) is 3.52. The molecular weight excluding hydrogens is 284 g/mol. The van der Waals surface area contributed by atoms with Gasteiger partial charge in [0.15, 0.2) is 17.3 Å². The Labute approximate surface area is 126 Å². The van der Waals surface area contributed by atoms with Crippen LogP contribution in [0, 0.1) is 0 Å². The number of ether oxygens (including phenoxy) is 3. The molecule has 0 fully saturated rings. The van der Waals surface area contributed by atoms with Crippen LogP contribution < -0.4 is 14.2 Å². The summed E-state index contributed by atoms with van der Waals surface area (Å²) in [6.07, 6.45) is 1.65. The number of hydrogen-bond donors (Lipinski definition) is 1. The van der Waals surface area contributed by atoms with Gasteiger partial charge < -0.3 is 19.3 Å². The highest BCUT2D eigenvalue weighted by atomic mass is 16.6. The summed E-state index contributed by atoms with van der Waals surface area (Å²) < 4.78 is 16.5. The van der Waals surface area contributed by atoms with Crippen LogP contribution in [0.2, 0.25) is 0 Å². The van der Waals surface area contributed by atoms with Crippen LogP contribution in [0.15, 0.2) is 42.2 Å². The Balaban J connectivity index is 1.68. The molecule has 0 aliphatic carbocycles. The predicted molar refractivity (Wildman–Crippen MR) is 78.5 cm³/mol. The van der Waals surface area contributed by atoms with Crippen LogP contribution in [0.25, 0.3) is 6.08 Å². The monoisotopic (exact) mass is 296 g/mol. The first-order valence-electron chi connectivity index (χ1n) is 6.87. The van der Waals surface area contributed by atoms with E-state index in [9.17, 15) is 9.90 Å². The van der Waals surface area contributed by atoms with E-state index in [2.05, 4.69) is 0 Å². The van der Waals surface area contributed by atoms with Gasteiger partial charge in [-0.1, -0.05) is 6.07 Å². The van der Waals surface area contributed by atoms with Crippen molar-refractivity contribution in [3.8, 4) is 23.0 Å². The molecule has 5 nitrogen and oxygen atoms in total. The minimum Gasteiger partial charge on any atom is -0.508 e. The molecule has 1 N–H and O–H groups in total. The summed E-state index contributed by atoms with van der Waals surface area (Å²) >= 11 is 0. The third-order valence-electron chi connectivity index (χ3n) is 3.52.